The van der Waals surface area contributed by atoms with Crippen molar-refractivity contribution in [1.82, 2.24) is 0 Å². The number of hydrogen-bond donors (Lipinski definition) is 0. The van der Waals surface area contributed by atoms with Crippen molar-refractivity contribution < 1.29 is 0 Å². The lowest BCUT2D eigenvalue weighted by molar-refractivity contribution is 0.652. The van der Waals surface area contributed by atoms with Crippen LogP contribution in [0.5, 0.6) is 0 Å². The molecule has 0 amide bonds. The van der Waals surface area contributed by atoms with Crippen LogP contribution in [0.3, 0.4) is 0 Å². The molecule has 0 heterocycles. The van der Waals surface area contributed by atoms with Crippen LogP contribution in [0.25, 0.3) is 77.2 Å². The normalized spacial score (nSPS) is 14.7. The van der Waals surface area contributed by atoms with Gasteiger partial charge in [0.2, 0.25) is 0 Å². The third-order valence-electron chi connectivity index (χ3n) is 11.9. The van der Waals surface area contributed by atoms with Crippen molar-refractivity contribution in [1.29, 1.82) is 0 Å². The third-order valence-corrected chi connectivity index (χ3v) is 11.9. The van der Waals surface area contributed by atoms with Gasteiger partial charge < -0.3 is 0 Å². The van der Waals surface area contributed by atoms with Gasteiger partial charge in [0.1, 0.15) is 0 Å². The van der Waals surface area contributed by atoms with Gasteiger partial charge >= 0.3 is 0 Å². The molecule has 0 nitrogen and oxygen atoms in total. The standard InChI is InChI=1S/C50H38/c1-49(2)43-21-13-12-16-35(43)41-29-46-42(30-45(41)49)40-28-34(26-27-44(40)50(46,3)4)31-22-24-33(25-23-31)48-38-19-10-8-17-36(38)47(32-14-6-5-7-15-32)37-18-9-11-20-39(37)48/h5-30H,1-4H3. The predicted molar refractivity (Wildman–Crippen MR) is 213 cm³/mol. The maximum absolute atomic E-state index is 2.51. The number of benzene rings is 8. The van der Waals surface area contributed by atoms with E-state index in [1.54, 1.807) is 0 Å². The average molecular weight is 639 g/mol. The van der Waals surface area contributed by atoms with Crippen molar-refractivity contribution in [3.63, 3.8) is 0 Å². The van der Waals surface area contributed by atoms with Gasteiger partial charge in [-0.2, -0.15) is 0 Å². The first-order valence-electron chi connectivity index (χ1n) is 17.9. The fourth-order valence-corrected chi connectivity index (χ4v) is 9.31. The van der Waals surface area contributed by atoms with Crippen molar-refractivity contribution in [2.24, 2.45) is 0 Å². The Hall–Kier alpha value is -5.72. The Kier molecular flexibility index (Phi) is 6.07. The molecule has 0 aliphatic heterocycles. The van der Waals surface area contributed by atoms with Crippen molar-refractivity contribution in [2.75, 3.05) is 0 Å². The minimum Gasteiger partial charge on any atom is -0.0622 e. The lowest BCUT2D eigenvalue weighted by Crippen LogP contribution is -2.16. The highest BCUT2D eigenvalue weighted by Crippen LogP contribution is 2.56. The molecule has 2 aliphatic rings. The maximum atomic E-state index is 2.51. The average Bonchev–Trinajstić information content (AvgIpc) is 3.52. The van der Waals surface area contributed by atoms with Gasteiger partial charge in [-0.15, -0.1) is 0 Å². The second-order valence-electron chi connectivity index (χ2n) is 15.3. The van der Waals surface area contributed by atoms with E-state index < -0.39 is 0 Å². The summed E-state index contributed by atoms with van der Waals surface area (Å²) in [5.41, 5.74) is 18.8. The fraction of sp³-hybridized carbons (Fsp3) is 0.120. The Labute approximate surface area is 294 Å². The molecule has 0 radical (unpaired) electrons. The molecule has 50 heavy (non-hydrogen) atoms. The molecule has 0 N–H and O–H groups in total. The molecule has 10 rings (SSSR count). The van der Waals surface area contributed by atoms with Gasteiger partial charge in [-0.25, -0.2) is 0 Å². The first-order chi connectivity index (χ1) is 24.3. The summed E-state index contributed by atoms with van der Waals surface area (Å²) in [6.45, 7) is 9.54. The fourth-order valence-electron chi connectivity index (χ4n) is 9.31. The summed E-state index contributed by atoms with van der Waals surface area (Å²) in [6, 6.07) is 59.0. The molecule has 238 valence electrons. The zero-order valence-corrected chi connectivity index (χ0v) is 29.0. The maximum Gasteiger partial charge on any atom is 0.0159 e. The molecule has 0 heteroatoms. The van der Waals surface area contributed by atoms with E-state index in [0.717, 1.165) is 0 Å². The van der Waals surface area contributed by atoms with Crippen LogP contribution in [0.1, 0.15) is 49.9 Å². The predicted octanol–water partition coefficient (Wildman–Crippen LogP) is 13.6. The van der Waals surface area contributed by atoms with Crippen LogP contribution < -0.4 is 0 Å². The Morgan fingerprint density at radius 2 is 0.680 bits per heavy atom. The molecule has 0 aromatic heterocycles. The molecule has 8 aromatic carbocycles. The van der Waals surface area contributed by atoms with E-state index in [2.05, 4.69) is 185 Å². The minimum atomic E-state index is -0.0578. The molecular formula is C50H38. The Morgan fingerprint density at radius 3 is 1.26 bits per heavy atom. The molecule has 0 spiro atoms. The van der Waals surface area contributed by atoms with Gasteiger partial charge in [-0.1, -0.05) is 167 Å². The van der Waals surface area contributed by atoms with Gasteiger partial charge in [-0.3, -0.25) is 0 Å². The molecule has 0 fully saturated rings. The molecule has 0 atom stereocenters. The van der Waals surface area contributed by atoms with Gasteiger partial charge in [-0.05, 0) is 118 Å². The Balaban J connectivity index is 1.10. The SMILES string of the molecule is CC1(C)c2ccccc2-c2cc3c(cc21)-c1cc(-c2ccc(-c4c5ccccc5c(-c5ccccc5)c5ccccc45)cc2)ccc1C3(C)C. The van der Waals surface area contributed by atoms with E-state index in [0.29, 0.717) is 0 Å². The topological polar surface area (TPSA) is 0 Å². The van der Waals surface area contributed by atoms with E-state index in [-0.39, 0.29) is 10.8 Å². The summed E-state index contributed by atoms with van der Waals surface area (Å²) in [4.78, 5) is 0. The molecule has 0 saturated heterocycles. The van der Waals surface area contributed by atoms with E-state index in [1.165, 1.54) is 99.4 Å². The highest BCUT2D eigenvalue weighted by molar-refractivity contribution is 6.21. The first-order valence-corrected chi connectivity index (χ1v) is 17.9. The Bertz CT molecular complexity index is 2610. The van der Waals surface area contributed by atoms with Gasteiger partial charge in [0.15, 0.2) is 0 Å². The van der Waals surface area contributed by atoms with Crippen molar-refractivity contribution in [3.8, 4) is 55.6 Å². The van der Waals surface area contributed by atoms with Crippen LogP contribution >= 0.6 is 0 Å². The summed E-state index contributed by atoms with van der Waals surface area (Å²) in [6.07, 6.45) is 0. The molecule has 2 aliphatic carbocycles. The lowest BCUT2D eigenvalue weighted by Gasteiger charge is -2.24. The first kappa shape index (κ1) is 29.2. The van der Waals surface area contributed by atoms with E-state index in [9.17, 15) is 0 Å². The Morgan fingerprint density at radius 1 is 0.280 bits per heavy atom. The largest absolute Gasteiger partial charge is 0.0622 e. The highest BCUT2D eigenvalue weighted by atomic mass is 14.4. The lowest BCUT2D eigenvalue weighted by atomic mass is 9.79. The second kappa shape index (κ2) is 10.4. The molecule has 0 saturated carbocycles. The zero-order chi connectivity index (χ0) is 33.8. The summed E-state index contributed by atoms with van der Waals surface area (Å²) < 4.78 is 0. The van der Waals surface area contributed by atoms with Crippen LogP contribution in [0.15, 0.2) is 158 Å². The minimum absolute atomic E-state index is 0.0189. The van der Waals surface area contributed by atoms with Crippen molar-refractivity contribution >= 4 is 21.5 Å². The number of hydrogen-bond acceptors (Lipinski definition) is 0. The van der Waals surface area contributed by atoms with Crippen LogP contribution in [0.4, 0.5) is 0 Å². The second-order valence-corrected chi connectivity index (χ2v) is 15.3. The van der Waals surface area contributed by atoms with Gasteiger partial charge in [0.05, 0.1) is 0 Å². The molecule has 0 bridgehead atoms. The van der Waals surface area contributed by atoms with Crippen molar-refractivity contribution in [2.45, 2.75) is 38.5 Å². The van der Waals surface area contributed by atoms with Crippen LogP contribution in [0.2, 0.25) is 0 Å². The zero-order valence-electron chi connectivity index (χ0n) is 29.0. The third kappa shape index (κ3) is 4.00. The summed E-state index contributed by atoms with van der Waals surface area (Å²) in [5.74, 6) is 0. The van der Waals surface area contributed by atoms with E-state index in [1.807, 2.05) is 0 Å². The van der Waals surface area contributed by atoms with Crippen LogP contribution in [0, 0.1) is 0 Å². The number of fused-ring (bicyclic) bond motifs is 8. The summed E-state index contributed by atoms with van der Waals surface area (Å²) in [5, 5.41) is 5.14. The molecule has 8 aromatic rings. The van der Waals surface area contributed by atoms with Crippen LogP contribution in [-0.4, -0.2) is 0 Å². The molecule has 0 unspecified atom stereocenters. The summed E-state index contributed by atoms with van der Waals surface area (Å²) >= 11 is 0. The molecular weight excluding hydrogens is 601 g/mol. The van der Waals surface area contributed by atoms with Crippen molar-refractivity contribution in [3.05, 3.63) is 180 Å². The van der Waals surface area contributed by atoms with Crippen LogP contribution in [-0.2, 0) is 10.8 Å². The quantitative estimate of drug-likeness (QED) is 0.169. The number of rotatable bonds is 3. The van der Waals surface area contributed by atoms with E-state index in [4.69, 9.17) is 0 Å². The van der Waals surface area contributed by atoms with Gasteiger partial charge in [0, 0.05) is 10.8 Å². The smallest absolute Gasteiger partial charge is 0.0159 e. The van der Waals surface area contributed by atoms with E-state index >= 15 is 0 Å². The summed E-state index contributed by atoms with van der Waals surface area (Å²) in [7, 11) is 0. The van der Waals surface area contributed by atoms with Gasteiger partial charge in [0.25, 0.3) is 0 Å². The monoisotopic (exact) mass is 638 g/mol. The highest BCUT2D eigenvalue weighted by Gasteiger charge is 2.41.